The Morgan fingerprint density at radius 1 is 1.32 bits per heavy atom. The molecule has 1 aliphatic heterocycles. The molecule has 2 aromatic rings. The summed E-state index contributed by atoms with van der Waals surface area (Å²) >= 11 is 13.3. The van der Waals surface area contributed by atoms with Gasteiger partial charge in [0.25, 0.3) is 5.91 Å². The summed E-state index contributed by atoms with van der Waals surface area (Å²) in [6.07, 6.45) is 3.86. The second-order valence-corrected chi connectivity index (χ2v) is 7.26. The van der Waals surface area contributed by atoms with Crippen LogP contribution in [-0.4, -0.2) is 28.9 Å². The summed E-state index contributed by atoms with van der Waals surface area (Å²) in [4.78, 5) is 19.5. The molecule has 0 bridgehead atoms. The lowest BCUT2D eigenvalue weighted by Crippen LogP contribution is -2.28. The van der Waals surface area contributed by atoms with Crippen LogP contribution in [0, 0.1) is 0 Å². The van der Waals surface area contributed by atoms with Crippen LogP contribution < -0.4 is 5.32 Å². The minimum absolute atomic E-state index is 0.0323. The Labute approximate surface area is 143 Å². The number of carbonyl (C=O) groups is 1. The van der Waals surface area contributed by atoms with Gasteiger partial charge in [0, 0.05) is 34.9 Å². The minimum atomic E-state index is 0.0323. The Kier molecular flexibility index (Phi) is 4.86. The fraction of sp³-hybridized carbons (Fsp3) is 0.333. The van der Waals surface area contributed by atoms with E-state index in [0.29, 0.717) is 21.6 Å². The highest BCUT2D eigenvalue weighted by Gasteiger charge is 2.22. The molecule has 0 radical (unpaired) electrons. The minimum Gasteiger partial charge on any atom is -0.379 e. The SMILES string of the molecule is O=C(c1cc(Cl)ccc1NCc1cnc(Cl)s1)N1CCCC1. The maximum Gasteiger partial charge on any atom is 0.256 e. The van der Waals surface area contributed by atoms with Crippen LogP contribution in [0.15, 0.2) is 24.4 Å². The van der Waals surface area contributed by atoms with Gasteiger partial charge in [0.2, 0.25) is 0 Å². The first-order valence-corrected chi connectivity index (χ1v) is 8.63. The summed E-state index contributed by atoms with van der Waals surface area (Å²) < 4.78 is 0.515. The van der Waals surface area contributed by atoms with Gasteiger partial charge < -0.3 is 10.2 Å². The molecular weight excluding hydrogens is 341 g/mol. The molecule has 1 fully saturated rings. The van der Waals surface area contributed by atoms with E-state index in [1.54, 1.807) is 18.3 Å². The van der Waals surface area contributed by atoms with Gasteiger partial charge in [0.1, 0.15) is 0 Å². The zero-order valence-electron chi connectivity index (χ0n) is 11.8. The third-order valence-electron chi connectivity index (χ3n) is 3.58. The molecule has 0 atom stereocenters. The van der Waals surface area contributed by atoms with Crippen molar-refractivity contribution in [3.8, 4) is 0 Å². The normalized spacial score (nSPS) is 14.4. The highest BCUT2D eigenvalue weighted by molar-refractivity contribution is 7.15. The van der Waals surface area contributed by atoms with Gasteiger partial charge in [-0.15, -0.1) is 11.3 Å². The van der Waals surface area contributed by atoms with Crippen LogP contribution in [-0.2, 0) is 6.54 Å². The molecule has 1 aliphatic rings. The smallest absolute Gasteiger partial charge is 0.256 e. The number of nitrogens with zero attached hydrogens (tertiary/aromatic N) is 2. The molecule has 22 heavy (non-hydrogen) atoms. The van der Waals surface area contributed by atoms with E-state index in [4.69, 9.17) is 23.2 Å². The van der Waals surface area contributed by atoms with Gasteiger partial charge in [-0.1, -0.05) is 23.2 Å². The summed E-state index contributed by atoms with van der Waals surface area (Å²) in [7, 11) is 0. The molecule has 116 valence electrons. The van der Waals surface area contributed by atoms with Crippen LogP contribution in [0.1, 0.15) is 28.1 Å². The van der Waals surface area contributed by atoms with Crippen LogP contribution in [0.4, 0.5) is 5.69 Å². The number of likely N-dealkylation sites (tertiary alicyclic amines) is 1. The van der Waals surface area contributed by atoms with E-state index in [2.05, 4.69) is 10.3 Å². The van der Waals surface area contributed by atoms with Crippen molar-refractivity contribution in [3.63, 3.8) is 0 Å². The van der Waals surface area contributed by atoms with E-state index in [-0.39, 0.29) is 5.91 Å². The maximum absolute atomic E-state index is 12.6. The van der Waals surface area contributed by atoms with E-state index in [1.807, 2.05) is 11.0 Å². The number of benzene rings is 1. The lowest BCUT2D eigenvalue weighted by Gasteiger charge is -2.18. The first-order chi connectivity index (χ1) is 10.6. The molecule has 1 aromatic carbocycles. The summed E-state index contributed by atoms with van der Waals surface area (Å²) in [6.45, 7) is 2.21. The first-order valence-electron chi connectivity index (χ1n) is 7.06. The fourth-order valence-electron chi connectivity index (χ4n) is 2.49. The Morgan fingerprint density at radius 3 is 2.77 bits per heavy atom. The highest BCUT2D eigenvalue weighted by atomic mass is 35.5. The van der Waals surface area contributed by atoms with Crippen LogP contribution in [0.3, 0.4) is 0 Å². The summed E-state index contributed by atoms with van der Waals surface area (Å²) in [5, 5.41) is 3.84. The Balaban J connectivity index is 1.79. The number of nitrogens with one attached hydrogen (secondary N) is 1. The summed E-state index contributed by atoms with van der Waals surface area (Å²) in [5.74, 6) is 0.0323. The third-order valence-corrected chi connectivity index (χ3v) is 4.93. The number of carbonyl (C=O) groups excluding carboxylic acids is 1. The first kappa shape index (κ1) is 15.6. The van der Waals surface area contributed by atoms with Crippen LogP contribution in [0.25, 0.3) is 0 Å². The van der Waals surface area contributed by atoms with Gasteiger partial charge in [-0.05, 0) is 31.0 Å². The largest absolute Gasteiger partial charge is 0.379 e. The van der Waals surface area contributed by atoms with E-state index in [9.17, 15) is 4.79 Å². The predicted octanol–water partition coefficient (Wildman–Crippen LogP) is 4.30. The van der Waals surface area contributed by atoms with Gasteiger partial charge >= 0.3 is 0 Å². The van der Waals surface area contributed by atoms with Crippen molar-refractivity contribution in [3.05, 3.63) is 44.3 Å². The predicted molar refractivity (Wildman–Crippen MR) is 91.0 cm³/mol. The second kappa shape index (κ2) is 6.86. The molecule has 1 N–H and O–H groups in total. The van der Waals surface area contributed by atoms with Gasteiger partial charge in [0.15, 0.2) is 4.47 Å². The summed E-state index contributed by atoms with van der Waals surface area (Å²) in [6, 6.07) is 5.35. The van der Waals surface area contributed by atoms with Gasteiger partial charge in [0.05, 0.1) is 12.1 Å². The van der Waals surface area contributed by atoms with Gasteiger partial charge in [-0.2, -0.15) is 0 Å². The number of aromatic nitrogens is 1. The van der Waals surface area contributed by atoms with Gasteiger partial charge in [-0.25, -0.2) is 4.98 Å². The number of anilines is 1. The molecule has 0 unspecified atom stereocenters. The monoisotopic (exact) mass is 355 g/mol. The van der Waals surface area contributed by atoms with Crippen molar-refractivity contribution in [2.24, 2.45) is 0 Å². The molecular formula is C15H15Cl2N3OS. The average molecular weight is 356 g/mol. The number of halogens is 2. The van der Waals surface area contributed by atoms with E-state index < -0.39 is 0 Å². The number of hydrogen-bond donors (Lipinski definition) is 1. The third kappa shape index (κ3) is 3.54. The topological polar surface area (TPSA) is 45.2 Å². The molecule has 7 heteroatoms. The van der Waals surface area contributed by atoms with Gasteiger partial charge in [-0.3, -0.25) is 4.79 Å². The molecule has 0 spiro atoms. The highest BCUT2D eigenvalue weighted by Crippen LogP contribution is 2.25. The number of thiazole rings is 1. The van der Waals surface area contributed by atoms with Crippen molar-refractivity contribution in [1.82, 2.24) is 9.88 Å². The standard InChI is InChI=1S/C15H15Cl2N3OS/c16-10-3-4-13(18-8-11-9-19-15(17)22-11)12(7-10)14(21)20-5-1-2-6-20/h3-4,7,9,18H,1-2,5-6,8H2. The quantitative estimate of drug-likeness (QED) is 0.889. The molecule has 1 aromatic heterocycles. The van der Waals surface area contributed by atoms with Crippen LogP contribution in [0.5, 0.6) is 0 Å². The second-order valence-electron chi connectivity index (χ2n) is 5.12. The maximum atomic E-state index is 12.6. The average Bonchev–Trinajstić information content (AvgIpc) is 3.16. The molecule has 0 aliphatic carbocycles. The van der Waals surface area contributed by atoms with Crippen molar-refractivity contribution in [2.45, 2.75) is 19.4 Å². The van der Waals surface area contributed by atoms with Crippen molar-refractivity contribution in [1.29, 1.82) is 0 Å². The fourth-order valence-corrected chi connectivity index (χ4v) is 3.58. The van der Waals surface area contributed by atoms with Crippen molar-refractivity contribution >= 4 is 46.1 Å². The zero-order chi connectivity index (χ0) is 15.5. The van der Waals surface area contributed by atoms with Crippen LogP contribution in [0.2, 0.25) is 9.49 Å². The summed E-state index contributed by atoms with van der Waals surface area (Å²) in [5.41, 5.74) is 1.40. The lowest BCUT2D eigenvalue weighted by atomic mass is 10.1. The molecule has 4 nitrogen and oxygen atoms in total. The van der Waals surface area contributed by atoms with E-state index in [0.717, 1.165) is 36.5 Å². The number of hydrogen-bond acceptors (Lipinski definition) is 4. The zero-order valence-corrected chi connectivity index (χ0v) is 14.1. The number of rotatable bonds is 4. The lowest BCUT2D eigenvalue weighted by molar-refractivity contribution is 0.0793. The molecule has 1 amide bonds. The molecule has 2 heterocycles. The van der Waals surface area contributed by atoms with E-state index in [1.165, 1.54) is 11.3 Å². The molecule has 1 saturated heterocycles. The van der Waals surface area contributed by atoms with E-state index >= 15 is 0 Å². The van der Waals surface area contributed by atoms with Crippen LogP contribution >= 0.6 is 34.5 Å². The Morgan fingerprint density at radius 2 is 2.09 bits per heavy atom. The Bertz CT molecular complexity index is 683. The molecule has 0 saturated carbocycles. The van der Waals surface area contributed by atoms with Crippen molar-refractivity contribution < 1.29 is 4.79 Å². The molecule has 3 rings (SSSR count). The van der Waals surface area contributed by atoms with Crippen molar-refractivity contribution in [2.75, 3.05) is 18.4 Å². The Hall–Kier alpha value is -1.30. The number of amides is 1.